The number of alkyl halides is 3. The molecule has 10 unspecified atom stereocenters. The Morgan fingerprint density at radius 2 is 1.81 bits per heavy atom. The maximum absolute atomic E-state index is 13.1. The van der Waals surface area contributed by atoms with Gasteiger partial charge in [0.2, 0.25) is 0 Å². The van der Waals surface area contributed by atoms with Crippen LogP contribution in [0.2, 0.25) is 0 Å². The lowest BCUT2D eigenvalue weighted by Gasteiger charge is -2.48. The van der Waals surface area contributed by atoms with Gasteiger partial charge in [-0.05, 0) is 31.6 Å². The van der Waals surface area contributed by atoms with E-state index in [1.54, 1.807) is 18.9 Å². The van der Waals surface area contributed by atoms with Gasteiger partial charge in [0.25, 0.3) is 0 Å². The molecule has 6 aliphatic rings. The average molecular weight is 548 g/mol. The normalized spacial score (nSPS) is 45.1. The predicted molar refractivity (Wildman–Crippen MR) is 136 cm³/mol. The van der Waals surface area contributed by atoms with Crippen LogP contribution >= 0.6 is 11.8 Å². The molecule has 10 atom stereocenters. The van der Waals surface area contributed by atoms with E-state index in [0.29, 0.717) is 24.5 Å². The average Bonchev–Trinajstić information content (AvgIpc) is 3.31. The van der Waals surface area contributed by atoms with Crippen LogP contribution in [0.25, 0.3) is 0 Å². The number of nitrogens with zero attached hydrogens (tertiary/aromatic N) is 2. The summed E-state index contributed by atoms with van der Waals surface area (Å²) in [5.74, 6) is 1.39. The first-order valence-electron chi connectivity index (χ1n) is 13.5. The standard InChI is InChI=1S/C23H40F3N9OS/c1-34-13-7-28-19(16-17(11-3-4-11)30-10-31-21(16)36-2)33-20(13)35(22(34)27)9-12-5-6-14(37-12)18-29-8-15(32-18)23(24,25)26/h11-21,27-33H,3-10H2,1-2H3. The largest absolute Gasteiger partial charge is 0.405 e. The first-order valence-corrected chi connectivity index (χ1v) is 14.5. The quantitative estimate of drug-likeness (QED) is 0.238. The number of likely N-dealkylation sites (N-methyl/N-ethyl adjacent to an activating group) is 1. The fourth-order valence-corrected chi connectivity index (χ4v) is 8.57. The molecule has 0 radical (unpaired) electrons. The van der Waals surface area contributed by atoms with Gasteiger partial charge < -0.3 is 19.9 Å². The number of nitrogens with one attached hydrogen (secondary N) is 7. The Kier molecular flexibility index (Phi) is 7.31. The monoisotopic (exact) mass is 547 g/mol. The Balaban J connectivity index is 1.11. The topological polar surface area (TPSA) is 112 Å². The Bertz CT molecular complexity index is 851. The van der Waals surface area contributed by atoms with Crippen LogP contribution in [0.1, 0.15) is 25.7 Å². The molecule has 0 spiro atoms. The van der Waals surface area contributed by atoms with E-state index in [1.807, 2.05) is 11.9 Å². The minimum atomic E-state index is -4.23. The van der Waals surface area contributed by atoms with Crippen LogP contribution in [0.4, 0.5) is 13.2 Å². The van der Waals surface area contributed by atoms with Crippen LogP contribution in [0.5, 0.6) is 0 Å². The summed E-state index contributed by atoms with van der Waals surface area (Å²) in [4.78, 5) is 4.21. The van der Waals surface area contributed by atoms with Gasteiger partial charge in [-0.2, -0.15) is 24.9 Å². The van der Waals surface area contributed by atoms with E-state index in [9.17, 15) is 13.2 Å². The molecular formula is C23H40F3N9OS. The number of hydrogen-bond acceptors (Lipinski definition) is 9. The van der Waals surface area contributed by atoms with Crippen molar-refractivity contribution in [3.05, 3.63) is 0 Å². The van der Waals surface area contributed by atoms with Crippen molar-refractivity contribution in [2.24, 2.45) is 11.8 Å². The molecule has 5 saturated heterocycles. The Morgan fingerprint density at radius 3 is 2.51 bits per heavy atom. The fourth-order valence-electron chi connectivity index (χ4n) is 6.96. The molecule has 10 nitrogen and oxygen atoms in total. The first-order chi connectivity index (χ1) is 17.7. The summed E-state index contributed by atoms with van der Waals surface area (Å²) in [6.07, 6.45) is -0.277. The summed E-state index contributed by atoms with van der Waals surface area (Å²) in [6.45, 7) is 2.15. The van der Waals surface area contributed by atoms with E-state index >= 15 is 0 Å². The molecule has 0 amide bonds. The second-order valence-corrected chi connectivity index (χ2v) is 12.9. The highest BCUT2D eigenvalue weighted by atomic mass is 32.2. The van der Waals surface area contributed by atoms with Crippen LogP contribution in [-0.4, -0.2) is 116 Å². The molecule has 37 heavy (non-hydrogen) atoms. The Hall–Kier alpha value is -0.870. The molecule has 14 heteroatoms. The molecule has 210 valence electrons. The molecule has 5 heterocycles. The molecule has 0 aromatic heterocycles. The molecule has 0 aromatic carbocycles. The first kappa shape index (κ1) is 26.4. The summed E-state index contributed by atoms with van der Waals surface area (Å²) in [7, 11) is 3.74. The maximum Gasteiger partial charge on any atom is 0.405 e. The lowest BCUT2D eigenvalue weighted by Crippen LogP contribution is -2.73. The van der Waals surface area contributed by atoms with Crippen LogP contribution in [0, 0.1) is 17.2 Å². The molecule has 5 aliphatic heterocycles. The number of guanidine groups is 1. The van der Waals surface area contributed by atoms with Gasteiger partial charge in [-0.1, -0.05) is 0 Å². The minimum Gasteiger partial charge on any atom is -0.366 e. The number of rotatable bonds is 6. The number of methoxy groups -OCH3 is 1. The summed E-state index contributed by atoms with van der Waals surface area (Å²) in [5.41, 5.74) is 0. The van der Waals surface area contributed by atoms with E-state index in [1.165, 1.54) is 12.8 Å². The fraction of sp³-hybridized carbons (Fsp3) is 0.957. The number of thioether (sulfide) groups is 1. The Morgan fingerprint density at radius 1 is 1.03 bits per heavy atom. The number of ether oxygens (including phenoxy) is 1. The van der Waals surface area contributed by atoms with Crippen LogP contribution in [0.3, 0.4) is 0 Å². The van der Waals surface area contributed by atoms with Gasteiger partial charge in [0.05, 0.1) is 18.4 Å². The number of halogens is 3. The molecule has 7 N–H and O–H groups in total. The van der Waals surface area contributed by atoms with Gasteiger partial charge in [0, 0.05) is 62.9 Å². The molecule has 0 bridgehead atoms. The SMILES string of the molecule is COC1NCNC(C2CC2)C1C1NCC2C(N1)N(CC1CCC(C3NCC(C(F)(F)F)N3)S1)C(=N)N2C. The van der Waals surface area contributed by atoms with Gasteiger partial charge in [-0.25, -0.2) is 0 Å². The molecule has 1 aliphatic carbocycles. The highest BCUT2D eigenvalue weighted by Gasteiger charge is 2.52. The lowest BCUT2D eigenvalue weighted by atomic mass is 9.87. The summed E-state index contributed by atoms with van der Waals surface area (Å²) in [6, 6.07) is -0.965. The minimum absolute atomic E-state index is 0.0000242. The van der Waals surface area contributed by atoms with Gasteiger partial charge in [0.1, 0.15) is 18.4 Å². The zero-order valence-electron chi connectivity index (χ0n) is 21.4. The molecular weight excluding hydrogens is 507 g/mol. The predicted octanol–water partition coefficient (Wildman–Crippen LogP) is -0.386. The molecule has 0 aromatic rings. The highest BCUT2D eigenvalue weighted by Crippen LogP contribution is 2.41. The third-order valence-electron chi connectivity index (χ3n) is 9.11. The van der Waals surface area contributed by atoms with Gasteiger partial charge in [-0.15, -0.1) is 0 Å². The van der Waals surface area contributed by atoms with E-state index in [4.69, 9.17) is 10.1 Å². The highest BCUT2D eigenvalue weighted by molar-refractivity contribution is 8.00. The van der Waals surface area contributed by atoms with Crippen molar-refractivity contribution >= 4 is 17.7 Å². The van der Waals surface area contributed by atoms with Gasteiger partial charge in [-0.3, -0.25) is 32.0 Å². The smallest absolute Gasteiger partial charge is 0.366 e. The molecule has 1 saturated carbocycles. The van der Waals surface area contributed by atoms with E-state index in [2.05, 4.69) is 36.8 Å². The zero-order valence-corrected chi connectivity index (χ0v) is 22.2. The third kappa shape index (κ3) is 5.08. The maximum atomic E-state index is 13.1. The van der Waals surface area contributed by atoms with Crippen LogP contribution < -0.4 is 31.9 Å². The number of fused-ring (bicyclic) bond motifs is 1. The van der Waals surface area contributed by atoms with Crippen molar-refractivity contribution in [1.29, 1.82) is 5.41 Å². The van der Waals surface area contributed by atoms with Crippen molar-refractivity contribution in [1.82, 2.24) is 41.7 Å². The van der Waals surface area contributed by atoms with E-state index in [0.717, 1.165) is 26.1 Å². The second-order valence-electron chi connectivity index (χ2n) is 11.4. The zero-order chi connectivity index (χ0) is 25.9. The molecule has 6 fully saturated rings. The van der Waals surface area contributed by atoms with E-state index < -0.39 is 12.2 Å². The summed E-state index contributed by atoms with van der Waals surface area (Å²) >= 11 is 1.76. The van der Waals surface area contributed by atoms with Crippen molar-refractivity contribution in [2.45, 2.75) is 85.2 Å². The van der Waals surface area contributed by atoms with E-state index in [-0.39, 0.29) is 53.7 Å². The van der Waals surface area contributed by atoms with Crippen molar-refractivity contribution < 1.29 is 17.9 Å². The van der Waals surface area contributed by atoms with Crippen molar-refractivity contribution in [3.63, 3.8) is 0 Å². The van der Waals surface area contributed by atoms with Crippen LogP contribution in [0.15, 0.2) is 0 Å². The van der Waals surface area contributed by atoms with Crippen LogP contribution in [-0.2, 0) is 4.74 Å². The van der Waals surface area contributed by atoms with Crippen molar-refractivity contribution in [3.8, 4) is 0 Å². The van der Waals surface area contributed by atoms with Gasteiger partial charge >= 0.3 is 6.18 Å². The third-order valence-corrected chi connectivity index (χ3v) is 10.7. The van der Waals surface area contributed by atoms with Gasteiger partial charge in [0.15, 0.2) is 5.96 Å². The summed E-state index contributed by atoms with van der Waals surface area (Å²) < 4.78 is 45.2. The Labute approximate surface area is 220 Å². The lowest BCUT2D eigenvalue weighted by molar-refractivity contribution is -0.149. The summed E-state index contributed by atoms with van der Waals surface area (Å²) in [5, 5.41) is 29.7. The van der Waals surface area contributed by atoms with Crippen molar-refractivity contribution in [2.75, 3.05) is 40.5 Å². The molecule has 6 rings (SSSR count). The second kappa shape index (κ2) is 10.3. The number of hydrogen-bond donors (Lipinski definition) is 7.